The van der Waals surface area contributed by atoms with Crippen LogP contribution >= 0.6 is 0 Å². The van der Waals surface area contributed by atoms with Crippen LogP contribution in [0.4, 0.5) is 5.69 Å². The van der Waals surface area contributed by atoms with E-state index in [-0.39, 0.29) is 35.5 Å². The summed E-state index contributed by atoms with van der Waals surface area (Å²) < 4.78 is 0. The third-order valence-corrected chi connectivity index (χ3v) is 8.62. The summed E-state index contributed by atoms with van der Waals surface area (Å²) in [6, 6.07) is 15.2. The zero-order chi connectivity index (χ0) is 23.0. The number of carbonyl (C=O) groups excluding carboxylic acids is 2. The average molecular weight is 439 g/mol. The van der Waals surface area contributed by atoms with Crippen LogP contribution in [0, 0.1) is 49.4 Å². The van der Waals surface area contributed by atoms with E-state index in [0.717, 1.165) is 6.54 Å². The van der Waals surface area contributed by atoms with E-state index in [1.807, 2.05) is 0 Å². The minimum Gasteiger partial charge on any atom is -0.370 e. The molecule has 1 aliphatic heterocycles. The summed E-state index contributed by atoms with van der Waals surface area (Å²) in [5, 5.41) is 0. The van der Waals surface area contributed by atoms with Gasteiger partial charge in [-0.2, -0.15) is 0 Å². The van der Waals surface area contributed by atoms with Gasteiger partial charge in [0.15, 0.2) is 0 Å². The lowest BCUT2D eigenvalue weighted by Crippen LogP contribution is -2.52. The summed E-state index contributed by atoms with van der Waals surface area (Å²) in [6.07, 6.45) is 6.84. The van der Waals surface area contributed by atoms with Crippen LogP contribution < -0.4 is 4.90 Å². The largest absolute Gasteiger partial charge is 0.370 e. The van der Waals surface area contributed by atoms with Crippen LogP contribution in [0.1, 0.15) is 22.3 Å². The average Bonchev–Trinajstić information content (AvgIpc) is 3.00. The van der Waals surface area contributed by atoms with Gasteiger partial charge in [-0.1, -0.05) is 54.6 Å². The summed E-state index contributed by atoms with van der Waals surface area (Å²) in [4.78, 5) is 29.6. The Kier molecular flexibility index (Phi) is 4.45. The summed E-state index contributed by atoms with van der Waals surface area (Å²) in [6.45, 7) is 5.17. The molecule has 2 aromatic carbocycles. The molecule has 4 aliphatic carbocycles. The molecule has 2 bridgehead atoms. The Morgan fingerprint density at radius 3 is 2.27 bits per heavy atom. The molecule has 1 saturated heterocycles. The van der Waals surface area contributed by atoms with Gasteiger partial charge in [0.25, 0.3) is 0 Å². The van der Waals surface area contributed by atoms with Gasteiger partial charge in [0, 0.05) is 32.2 Å². The molecule has 4 heteroatoms. The fourth-order valence-electron chi connectivity index (χ4n) is 6.84. The number of hydrogen-bond acceptors (Lipinski definition) is 3. The maximum atomic E-state index is 13.0. The molecule has 168 valence electrons. The number of anilines is 1. The van der Waals surface area contributed by atoms with E-state index < -0.39 is 0 Å². The van der Waals surface area contributed by atoms with Crippen molar-refractivity contribution in [2.45, 2.75) is 20.4 Å². The molecule has 2 fully saturated rings. The van der Waals surface area contributed by atoms with Crippen molar-refractivity contribution in [2.24, 2.45) is 35.5 Å². The number of allylic oxidation sites excluding steroid dienone is 4. The van der Waals surface area contributed by atoms with E-state index in [1.54, 1.807) is 7.05 Å². The third kappa shape index (κ3) is 2.82. The van der Waals surface area contributed by atoms with Crippen molar-refractivity contribution in [3.63, 3.8) is 0 Å². The van der Waals surface area contributed by atoms with Crippen molar-refractivity contribution in [1.82, 2.24) is 4.90 Å². The molecule has 2 aromatic rings. The van der Waals surface area contributed by atoms with Gasteiger partial charge in [-0.3, -0.25) is 14.5 Å². The van der Waals surface area contributed by atoms with Crippen LogP contribution in [-0.2, 0) is 16.1 Å². The number of aryl methyl sites for hydroxylation is 2. The zero-order valence-electron chi connectivity index (χ0n) is 19.7. The van der Waals surface area contributed by atoms with Gasteiger partial charge in [0.05, 0.1) is 11.8 Å². The molecule has 6 atom stereocenters. The highest BCUT2D eigenvalue weighted by Crippen LogP contribution is 2.62. The lowest BCUT2D eigenvalue weighted by molar-refractivity contribution is -0.138. The predicted octanol–water partition coefficient (Wildman–Crippen LogP) is 4.62. The standard InChI is InChI=1S/C29H30N2O2/c1-16-7-5-6-8-24(16)30(3)15-19-10-9-18(13-17(19)2)22-14-23-20-11-12-21(20)25(22)27-26(23)28(32)31(4)29(27)33/h5-14,20-21,23,25-27H,15H2,1-4H3. The molecule has 1 heterocycles. The number of imide groups is 1. The first-order valence-electron chi connectivity index (χ1n) is 11.9. The van der Waals surface area contributed by atoms with Crippen molar-refractivity contribution in [3.05, 3.63) is 82.9 Å². The van der Waals surface area contributed by atoms with Crippen LogP contribution in [0.5, 0.6) is 0 Å². The molecule has 0 N–H and O–H groups in total. The highest BCUT2D eigenvalue weighted by molar-refractivity contribution is 6.07. The Bertz CT molecular complexity index is 1240. The van der Waals surface area contributed by atoms with Gasteiger partial charge in [-0.05, 0) is 65.5 Å². The molecule has 6 unspecified atom stereocenters. The molecule has 0 aromatic heterocycles. The first-order chi connectivity index (χ1) is 15.9. The molecular weight excluding hydrogens is 408 g/mol. The van der Waals surface area contributed by atoms with Gasteiger partial charge in [-0.15, -0.1) is 0 Å². The van der Waals surface area contributed by atoms with E-state index in [1.165, 1.54) is 38.4 Å². The van der Waals surface area contributed by atoms with Gasteiger partial charge >= 0.3 is 0 Å². The first-order valence-corrected chi connectivity index (χ1v) is 11.9. The number of para-hydroxylation sites is 1. The smallest absolute Gasteiger partial charge is 0.233 e. The van der Waals surface area contributed by atoms with Crippen molar-refractivity contribution in [2.75, 3.05) is 19.0 Å². The van der Waals surface area contributed by atoms with Gasteiger partial charge in [-0.25, -0.2) is 0 Å². The predicted molar refractivity (Wildman–Crippen MR) is 130 cm³/mol. The maximum absolute atomic E-state index is 13.0. The van der Waals surface area contributed by atoms with Gasteiger partial charge in [0.2, 0.25) is 11.8 Å². The quantitative estimate of drug-likeness (QED) is 0.517. The molecule has 7 rings (SSSR count). The van der Waals surface area contributed by atoms with Crippen molar-refractivity contribution in [1.29, 1.82) is 0 Å². The Balaban J connectivity index is 1.32. The van der Waals surface area contributed by atoms with Crippen LogP contribution in [0.3, 0.4) is 0 Å². The summed E-state index contributed by atoms with van der Waals surface area (Å²) >= 11 is 0. The molecular formula is C29H30N2O2. The number of likely N-dealkylation sites (tertiary alicyclic amines) is 1. The SMILES string of the molecule is Cc1cc(C2=CC3C4C=CC4C2C2C(=O)N(C)C(=O)C32)ccc1CN(C)c1ccccc1C. The fraction of sp³-hybridized carbons (Fsp3) is 0.379. The van der Waals surface area contributed by atoms with E-state index in [9.17, 15) is 9.59 Å². The summed E-state index contributed by atoms with van der Waals surface area (Å²) in [5.41, 5.74) is 7.56. The fourth-order valence-corrected chi connectivity index (χ4v) is 6.84. The Morgan fingerprint density at radius 2 is 1.58 bits per heavy atom. The molecule has 2 amide bonds. The number of benzene rings is 2. The second-order valence-corrected chi connectivity index (χ2v) is 10.3. The minimum atomic E-state index is -0.203. The van der Waals surface area contributed by atoms with E-state index in [4.69, 9.17) is 0 Å². The van der Waals surface area contributed by atoms with E-state index >= 15 is 0 Å². The van der Waals surface area contributed by atoms with Crippen LogP contribution in [0.25, 0.3) is 5.57 Å². The highest BCUT2D eigenvalue weighted by Gasteiger charge is 2.64. The second-order valence-electron chi connectivity index (χ2n) is 10.3. The number of nitrogens with zero attached hydrogens (tertiary/aromatic N) is 2. The second kappa shape index (κ2) is 7.18. The third-order valence-electron chi connectivity index (χ3n) is 8.62. The molecule has 4 nitrogen and oxygen atoms in total. The minimum absolute atomic E-state index is 0.0116. The van der Waals surface area contributed by atoms with Crippen molar-refractivity contribution in [3.8, 4) is 0 Å². The van der Waals surface area contributed by atoms with Crippen molar-refractivity contribution < 1.29 is 9.59 Å². The normalized spacial score (nSPS) is 31.3. The lowest BCUT2D eigenvalue weighted by Gasteiger charge is -2.54. The first kappa shape index (κ1) is 20.5. The number of rotatable bonds is 4. The van der Waals surface area contributed by atoms with E-state index in [2.05, 4.69) is 86.5 Å². The van der Waals surface area contributed by atoms with Crippen LogP contribution in [-0.4, -0.2) is 30.8 Å². The Hall–Kier alpha value is -3.14. The topological polar surface area (TPSA) is 40.6 Å². The number of carbonyl (C=O) groups is 2. The van der Waals surface area contributed by atoms with Gasteiger partial charge < -0.3 is 4.90 Å². The molecule has 5 aliphatic rings. The zero-order valence-corrected chi connectivity index (χ0v) is 19.7. The maximum Gasteiger partial charge on any atom is 0.233 e. The molecule has 0 radical (unpaired) electrons. The number of amides is 2. The monoisotopic (exact) mass is 438 g/mol. The Labute approximate surface area is 195 Å². The number of hydrogen-bond donors (Lipinski definition) is 0. The van der Waals surface area contributed by atoms with Crippen LogP contribution in [0.15, 0.2) is 60.7 Å². The van der Waals surface area contributed by atoms with Gasteiger partial charge in [0.1, 0.15) is 0 Å². The molecule has 0 spiro atoms. The summed E-state index contributed by atoms with van der Waals surface area (Å²) in [7, 11) is 3.79. The molecule has 1 saturated carbocycles. The Morgan fingerprint density at radius 1 is 0.848 bits per heavy atom. The van der Waals surface area contributed by atoms with E-state index in [0.29, 0.717) is 11.8 Å². The summed E-state index contributed by atoms with van der Waals surface area (Å²) in [5.74, 6) is 0.682. The lowest BCUT2D eigenvalue weighted by atomic mass is 9.47. The highest BCUT2D eigenvalue weighted by atomic mass is 16.2. The van der Waals surface area contributed by atoms with Crippen molar-refractivity contribution >= 4 is 23.1 Å². The van der Waals surface area contributed by atoms with Crippen LogP contribution in [0.2, 0.25) is 0 Å². The molecule has 33 heavy (non-hydrogen) atoms.